The molecule has 0 radical (unpaired) electrons. The van der Waals surface area contributed by atoms with Crippen LogP contribution in [0.2, 0.25) is 0 Å². The Kier molecular flexibility index (Phi) is 2.72. The van der Waals surface area contributed by atoms with Gasteiger partial charge in [-0.15, -0.1) is 0 Å². The van der Waals surface area contributed by atoms with Crippen LogP contribution in [0, 0.1) is 12.8 Å². The molecule has 3 N–H and O–H groups in total. The molecule has 1 aromatic heterocycles. The molecule has 4 nitrogen and oxygen atoms in total. The molecule has 0 aromatic carbocycles. The Morgan fingerprint density at radius 3 is 2.79 bits per heavy atom. The number of aryl methyl sites for hydroxylation is 1. The second-order valence-electron chi connectivity index (χ2n) is 4.06. The number of aromatic nitrogens is 2. The molecule has 2 rings (SSSR count). The SMILES string of the molecule is Cc1cnc(N2CCC(CN)CC2)[nH]1. The third-order valence-corrected chi connectivity index (χ3v) is 2.94. The van der Waals surface area contributed by atoms with Crippen LogP contribution in [0.25, 0.3) is 0 Å². The van der Waals surface area contributed by atoms with Crippen molar-refractivity contribution < 1.29 is 0 Å². The number of nitrogens with one attached hydrogen (secondary N) is 1. The number of H-pyrrole nitrogens is 1. The number of anilines is 1. The number of hydrogen-bond donors (Lipinski definition) is 2. The molecule has 0 aliphatic carbocycles. The van der Waals surface area contributed by atoms with Gasteiger partial charge < -0.3 is 15.6 Å². The topological polar surface area (TPSA) is 57.9 Å². The summed E-state index contributed by atoms with van der Waals surface area (Å²) in [7, 11) is 0. The number of aromatic amines is 1. The van der Waals surface area contributed by atoms with Crippen LogP contribution in [0.4, 0.5) is 5.95 Å². The number of nitrogens with two attached hydrogens (primary N) is 1. The minimum Gasteiger partial charge on any atom is -0.342 e. The average Bonchev–Trinajstić information content (AvgIpc) is 2.65. The predicted octanol–water partition coefficient (Wildman–Crippen LogP) is 0.893. The van der Waals surface area contributed by atoms with Crippen molar-refractivity contribution in [3.05, 3.63) is 11.9 Å². The lowest BCUT2D eigenvalue weighted by atomic mass is 9.97. The highest BCUT2D eigenvalue weighted by Gasteiger charge is 2.19. The molecule has 0 spiro atoms. The van der Waals surface area contributed by atoms with Crippen molar-refractivity contribution in [3.63, 3.8) is 0 Å². The molecule has 1 aromatic rings. The van der Waals surface area contributed by atoms with E-state index in [9.17, 15) is 0 Å². The zero-order valence-electron chi connectivity index (χ0n) is 8.66. The Morgan fingerprint density at radius 1 is 1.57 bits per heavy atom. The number of piperidine rings is 1. The monoisotopic (exact) mass is 194 g/mol. The first-order chi connectivity index (χ1) is 6.79. The highest BCUT2D eigenvalue weighted by molar-refractivity contribution is 5.31. The summed E-state index contributed by atoms with van der Waals surface area (Å²) in [6.07, 6.45) is 4.26. The Bertz CT molecular complexity index is 286. The van der Waals surface area contributed by atoms with E-state index in [0.29, 0.717) is 5.92 Å². The molecule has 0 amide bonds. The molecule has 14 heavy (non-hydrogen) atoms. The normalized spacial score (nSPS) is 18.9. The quantitative estimate of drug-likeness (QED) is 0.735. The number of hydrogen-bond acceptors (Lipinski definition) is 3. The molecule has 0 saturated carbocycles. The minimum atomic E-state index is 0.710. The molecule has 1 fully saturated rings. The lowest BCUT2D eigenvalue weighted by Crippen LogP contribution is -2.36. The smallest absolute Gasteiger partial charge is 0.202 e. The predicted molar refractivity (Wildman–Crippen MR) is 57.3 cm³/mol. The van der Waals surface area contributed by atoms with Crippen LogP contribution in [-0.4, -0.2) is 29.6 Å². The Morgan fingerprint density at radius 2 is 2.29 bits per heavy atom. The molecular formula is C10H18N4. The van der Waals surface area contributed by atoms with Crippen LogP contribution in [0.15, 0.2) is 6.20 Å². The van der Waals surface area contributed by atoms with Crippen molar-refractivity contribution in [2.24, 2.45) is 11.7 Å². The molecule has 1 aliphatic heterocycles. The molecule has 0 bridgehead atoms. The van der Waals surface area contributed by atoms with E-state index in [1.807, 2.05) is 13.1 Å². The summed E-state index contributed by atoms with van der Waals surface area (Å²) >= 11 is 0. The van der Waals surface area contributed by atoms with Gasteiger partial charge in [0.1, 0.15) is 0 Å². The fourth-order valence-corrected chi connectivity index (χ4v) is 1.94. The van der Waals surface area contributed by atoms with Crippen molar-refractivity contribution in [2.75, 3.05) is 24.5 Å². The highest BCUT2D eigenvalue weighted by Crippen LogP contribution is 2.19. The molecule has 0 atom stereocenters. The Hall–Kier alpha value is -1.03. The fraction of sp³-hybridized carbons (Fsp3) is 0.700. The molecule has 1 saturated heterocycles. The van der Waals surface area contributed by atoms with E-state index in [1.165, 1.54) is 12.8 Å². The molecule has 0 unspecified atom stereocenters. The van der Waals surface area contributed by atoms with Gasteiger partial charge in [-0.05, 0) is 32.2 Å². The van der Waals surface area contributed by atoms with Crippen LogP contribution in [0.5, 0.6) is 0 Å². The fourth-order valence-electron chi connectivity index (χ4n) is 1.94. The van der Waals surface area contributed by atoms with E-state index in [1.54, 1.807) is 0 Å². The van der Waals surface area contributed by atoms with Gasteiger partial charge >= 0.3 is 0 Å². The first-order valence-corrected chi connectivity index (χ1v) is 5.26. The zero-order chi connectivity index (χ0) is 9.97. The summed E-state index contributed by atoms with van der Waals surface area (Å²) in [6.45, 7) is 5.01. The first-order valence-electron chi connectivity index (χ1n) is 5.26. The van der Waals surface area contributed by atoms with Gasteiger partial charge in [0.15, 0.2) is 0 Å². The molecular weight excluding hydrogens is 176 g/mol. The van der Waals surface area contributed by atoms with Crippen molar-refractivity contribution in [2.45, 2.75) is 19.8 Å². The minimum absolute atomic E-state index is 0.710. The van der Waals surface area contributed by atoms with Crippen LogP contribution in [-0.2, 0) is 0 Å². The maximum atomic E-state index is 5.65. The van der Waals surface area contributed by atoms with Crippen LogP contribution >= 0.6 is 0 Å². The number of nitrogens with zero attached hydrogens (tertiary/aromatic N) is 2. The van der Waals surface area contributed by atoms with E-state index >= 15 is 0 Å². The summed E-state index contributed by atoms with van der Waals surface area (Å²) in [5, 5.41) is 0. The van der Waals surface area contributed by atoms with Gasteiger partial charge in [0, 0.05) is 25.0 Å². The van der Waals surface area contributed by atoms with Gasteiger partial charge in [-0.2, -0.15) is 0 Å². The van der Waals surface area contributed by atoms with E-state index in [-0.39, 0.29) is 0 Å². The summed E-state index contributed by atoms with van der Waals surface area (Å²) < 4.78 is 0. The summed E-state index contributed by atoms with van der Waals surface area (Å²) in [6, 6.07) is 0. The first kappa shape index (κ1) is 9.52. The van der Waals surface area contributed by atoms with E-state index < -0.39 is 0 Å². The third kappa shape index (κ3) is 1.90. The molecule has 2 heterocycles. The Balaban J connectivity index is 1.95. The number of rotatable bonds is 2. The summed E-state index contributed by atoms with van der Waals surface area (Å²) in [5.41, 5.74) is 6.78. The van der Waals surface area contributed by atoms with Crippen molar-refractivity contribution in [1.82, 2.24) is 9.97 Å². The lowest BCUT2D eigenvalue weighted by Gasteiger charge is -2.31. The zero-order valence-corrected chi connectivity index (χ0v) is 8.66. The van der Waals surface area contributed by atoms with Gasteiger partial charge in [0.25, 0.3) is 0 Å². The second-order valence-corrected chi connectivity index (χ2v) is 4.06. The second kappa shape index (κ2) is 4.00. The van der Waals surface area contributed by atoms with Crippen molar-refractivity contribution in [3.8, 4) is 0 Å². The Labute approximate surface area is 84.5 Å². The van der Waals surface area contributed by atoms with Crippen LogP contribution in [0.1, 0.15) is 18.5 Å². The molecule has 78 valence electrons. The van der Waals surface area contributed by atoms with E-state index in [4.69, 9.17) is 5.73 Å². The number of imidazole rings is 1. The summed E-state index contributed by atoms with van der Waals surface area (Å²) in [4.78, 5) is 9.90. The van der Waals surface area contributed by atoms with Gasteiger partial charge in [-0.1, -0.05) is 0 Å². The van der Waals surface area contributed by atoms with E-state index in [0.717, 1.165) is 31.3 Å². The van der Waals surface area contributed by atoms with Crippen LogP contribution in [0.3, 0.4) is 0 Å². The maximum absolute atomic E-state index is 5.65. The van der Waals surface area contributed by atoms with Crippen LogP contribution < -0.4 is 10.6 Å². The third-order valence-electron chi connectivity index (χ3n) is 2.94. The average molecular weight is 194 g/mol. The van der Waals surface area contributed by atoms with Gasteiger partial charge in [0.2, 0.25) is 5.95 Å². The largest absolute Gasteiger partial charge is 0.342 e. The molecule has 4 heteroatoms. The summed E-state index contributed by atoms with van der Waals surface area (Å²) in [5.74, 6) is 1.72. The van der Waals surface area contributed by atoms with Gasteiger partial charge in [-0.25, -0.2) is 4.98 Å². The molecule has 1 aliphatic rings. The van der Waals surface area contributed by atoms with Crippen molar-refractivity contribution in [1.29, 1.82) is 0 Å². The lowest BCUT2D eigenvalue weighted by molar-refractivity contribution is 0.411. The van der Waals surface area contributed by atoms with Gasteiger partial charge in [0.05, 0.1) is 0 Å². The standard InChI is InChI=1S/C10H18N4/c1-8-7-12-10(13-8)14-4-2-9(6-11)3-5-14/h7,9H,2-6,11H2,1H3,(H,12,13). The van der Waals surface area contributed by atoms with Crippen molar-refractivity contribution >= 4 is 5.95 Å². The maximum Gasteiger partial charge on any atom is 0.202 e. The van der Waals surface area contributed by atoms with Gasteiger partial charge in [-0.3, -0.25) is 0 Å². The highest BCUT2D eigenvalue weighted by atomic mass is 15.3. The van der Waals surface area contributed by atoms with E-state index in [2.05, 4.69) is 14.9 Å².